The Labute approximate surface area is 98.9 Å². The van der Waals surface area contributed by atoms with E-state index in [0.717, 1.165) is 5.56 Å². The van der Waals surface area contributed by atoms with E-state index < -0.39 is 0 Å². The van der Waals surface area contributed by atoms with Crippen molar-refractivity contribution in [3.8, 4) is 0 Å². The van der Waals surface area contributed by atoms with Gasteiger partial charge < -0.3 is 0 Å². The second-order valence-corrected chi connectivity index (χ2v) is 5.30. The van der Waals surface area contributed by atoms with E-state index in [1.165, 1.54) is 11.1 Å². The van der Waals surface area contributed by atoms with Crippen molar-refractivity contribution in [2.24, 2.45) is 0 Å². The molecule has 0 aliphatic rings. The Kier molecular flexibility index (Phi) is 4.52. The standard InChI is InChI=1S/C15H23F/c1-10(2)13-6-14(11(3)4)8-15(7-13)12(5)9-16/h6-8,10-12H,9H2,1-5H3. The molecular weight excluding hydrogens is 199 g/mol. The second-order valence-electron chi connectivity index (χ2n) is 5.30. The lowest BCUT2D eigenvalue weighted by atomic mass is 9.89. The van der Waals surface area contributed by atoms with Gasteiger partial charge in [0, 0.05) is 5.92 Å². The molecule has 0 aromatic heterocycles. The van der Waals surface area contributed by atoms with Crippen LogP contribution in [0.3, 0.4) is 0 Å². The fourth-order valence-corrected chi connectivity index (χ4v) is 1.74. The van der Waals surface area contributed by atoms with Gasteiger partial charge in [0.05, 0.1) is 6.67 Å². The topological polar surface area (TPSA) is 0 Å². The molecule has 0 bridgehead atoms. The van der Waals surface area contributed by atoms with Gasteiger partial charge in [0.25, 0.3) is 0 Å². The molecule has 0 heterocycles. The molecule has 1 atom stereocenters. The van der Waals surface area contributed by atoms with Crippen molar-refractivity contribution >= 4 is 0 Å². The first-order chi connectivity index (χ1) is 7.45. The molecule has 1 rings (SSSR count). The monoisotopic (exact) mass is 222 g/mol. The summed E-state index contributed by atoms with van der Waals surface area (Å²) in [7, 11) is 0. The molecule has 16 heavy (non-hydrogen) atoms. The van der Waals surface area contributed by atoms with E-state index in [0.29, 0.717) is 11.8 Å². The maximum atomic E-state index is 12.7. The average Bonchev–Trinajstić information content (AvgIpc) is 2.27. The zero-order valence-corrected chi connectivity index (χ0v) is 11.0. The summed E-state index contributed by atoms with van der Waals surface area (Å²) in [5.41, 5.74) is 3.78. The predicted molar refractivity (Wildman–Crippen MR) is 69.0 cm³/mol. The fraction of sp³-hybridized carbons (Fsp3) is 0.600. The average molecular weight is 222 g/mol. The summed E-state index contributed by atoms with van der Waals surface area (Å²) in [4.78, 5) is 0. The van der Waals surface area contributed by atoms with Crippen molar-refractivity contribution in [3.05, 3.63) is 34.9 Å². The van der Waals surface area contributed by atoms with Gasteiger partial charge in [-0.2, -0.15) is 0 Å². The van der Waals surface area contributed by atoms with Crippen molar-refractivity contribution in [2.45, 2.75) is 52.4 Å². The van der Waals surface area contributed by atoms with Crippen molar-refractivity contribution in [1.29, 1.82) is 0 Å². The Hall–Kier alpha value is -0.850. The van der Waals surface area contributed by atoms with E-state index in [1.807, 2.05) is 6.92 Å². The molecular formula is C15H23F. The molecule has 0 nitrogen and oxygen atoms in total. The lowest BCUT2D eigenvalue weighted by molar-refractivity contribution is 0.446. The largest absolute Gasteiger partial charge is 0.250 e. The summed E-state index contributed by atoms with van der Waals surface area (Å²) in [6.07, 6.45) is 0. The molecule has 0 radical (unpaired) electrons. The Morgan fingerprint density at radius 1 is 0.812 bits per heavy atom. The van der Waals surface area contributed by atoms with E-state index in [2.05, 4.69) is 45.9 Å². The Balaban J connectivity index is 3.18. The van der Waals surface area contributed by atoms with Crippen LogP contribution in [0.1, 0.15) is 69.1 Å². The van der Waals surface area contributed by atoms with Gasteiger partial charge in [0.15, 0.2) is 0 Å². The molecule has 0 aliphatic carbocycles. The highest BCUT2D eigenvalue weighted by molar-refractivity contribution is 5.35. The molecule has 1 heteroatoms. The van der Waals surface area contributed by atoms with Gasteiger partial charge >= 0.3 is 0 Å². The third kappa shape index (κ3) is 3.07. The number of hydrogen-bond acceptors (Lipinski definition) is 0. The summed E-state index contributed by atoms with van der Waals surface area (Å²) in [5, 5.41) is 0. The SMILES string of the molecule is CC(C)c1cc(C(C)C)cc(C(C)CF)c1. The number of rotatable bonds is 4. The molecule has 0 aliphatic heterocycles. The van der Waals surface area contributed by atoms with Gasteiger partial charge in [-0.1, -0.05) is 52.8 Å². The highest BCUT2D eigenvalue weighted by Crippen LogP contribution is 2.27. The summed E-state index contributed by atoms with van der Waals surface area (Å²) < 4.78 is 12.7. The fourth-order valence-electron chi connectivity index (χ4n) is 1.74. The van der Waals surface area contributed by atoms with Crippen LogP contribution in [0.5, 0.6) is 0 Å². The van der Waals surface area contributed by atoms with Gasteiger partial charge in [-0.15, -0.1) is 0 Å². The third-order valence-electron chi connectivity index (χ3n) is 3.13. The van der Waals surface area contributed by atoms with Crippen LogP contribution in [0.4, 0.5) is 4.39 Å². The molecule has 1 aromatic carbocycles. The molecule has 0 amide bonds. The predicted octanol–water partition coefficient (Wildman–Crippen LogP) is 5.01. The van der Waals surface area contributed by atoms with E-state index >= 15 is 0 Å². The van der Waals surface area contributed by atoms with Gasteiger partial charge in [-0.25, -0.2) is 0 Å². The molecule has 0 N–H and O–H groups in total. The molecule has 0 spiro atoms. The van der Waals surface area contributed by atoms with Gasteiger partial charge in [0.1, 0.15) is 0 Å². The van der Waals surface area contributed by atoms with E-state index in [9.17, 15) is 4.39 Å². The van der Waals surface area contributed by atoms with Crippen molar-refractivity contribution in [2.75, 3.05) is 6.67 Å². The van der Waals surface area contributed by atoms with Crippen LogP contribution < -0.4 is 0 Å². The number of hydrogen-bond donors (Lipinski definition) is 0. The van der Waals surface area contributed by atoms with Crippen LogP contribution in [-0.2, 0) is 0 Å². The van der Waals surface area contributed by atoms with Crippen LogP contribution in [0.15, 0.2) is 18.2 Å². The molecule has 1 aromatic rings. The quantitative estimate of drug-likeness (QED) is 0.672. The molecule has 1 unspecified atom stereocenters. The first-order valence-corrected chi connectivity index (χ1v) is 6.16. The molecule has 0 fully saturated rings. The molecule has 90 valence electrons. The molecule has 0 saturated heterocycles. The Bertz CT molecular complexity index is 313. The zero-order chi connectivity index (χ0) is 12.3. The first kappa shape index (κ1) is 13.2. The Morgan fingerprint density at radius 3 is 1.50 bits per heavy atom. The summed E-state index contributed by atoms with van der Waals surface area (Å²) in [6, 6.07) is 6.56. The lowest BCUT2D eigenvalue weighted by Gasteiger charge is -2.16. The van der Waals surface area contributed by atoms with Gasteiger partial charge in [0.2, 0.25) is 0 Å². The number of alkyl halides is 1. The molecule has 0 saturated carbocycles. The Morgan fingerprint density at radius 2 is 1.19 bits per heavy atom. The maximum Gasteiger partial charge on any atom is 0.0960 e. The second kappa shape index (κ2) is 5.47. The number of benzene rings is 1. The number of halogens is 1. The van der Waals surface area contributed by atoms with Crippen LogP contribution >= 0.6 is 0 Å². The third-order valence-corrected chi connectivity index (χ3v) is 3.13. The highest BCUT2D eigenvalue weighted by atomic mass is 19.1. The van der Waals surface area contributed by atoms with E-state index in [-0.39, 0.29) is 12.6 Å². The summed E-state index contributed by atoms with van der Waals surface area (Å²) in [5.74, 6) is 1.02. The van der Waals surface area contributed by atoms with E-state index in [4.69, 9.17) is 0 Å². The van der Waals surface area contributed by atoms with Crippen molar-refractivity contribution in [3.63, 3.8) is 0 Å². The van der Waals surface area contributed by atoms with E-state index in [1.54, 1.807) is 0 Å². The lowest BCUT2D eigenvalue weighted by Crippen LogP contribution is -2.01. The van der Waals surface area contributed by atoms with Gasteiger partial charge in [-0.05, 0) is 28.5 Å². The summed E-state index contributed by atoms with van der Waals surface area (Å²) in [6.45, 7) is 10.4. The smallest absolute Gasteiger partial charge is 0.0960 e. The normalized spacial score (nSPS) is 13.5. The highest BCUT2D eigenvalue weighted by Gasteiger charge is 2.11. The first-order valence-electron chi connectivity index (χ1n) is 6.16. The maximum absolute atomic E-state index is 12.7. The van der Waals surface area contributed by atoms with Crippen LogP contribution in [0, 0.1) is 0 Å². The van der Waals surface area contributed by atoms with Crippen molar-refractivity contribution in [1.82, 2.24) is 0 Å². The summed E-state index contributed by atoms with van der Waals surface area (Å²) >= 11 is 0. The van der Waals surface area contributed by atoms with Crippen LogP contribution in [0.25, 0.3) is 0 Å². The van der Waals surface area contributed by atoms with Gasteiger partial charge in [-0.3, -0.25) is 4.39 Å². The minimum atomic E-state index is -0.279. The van der Waals surface area contributed by atoms with Crippen LogP contribution in [-0.4, -0.2) is 6.67 Å². The minimum Gasteiger partial charge on any atom is -0.250 e. The minimum absolute atomic E-state index is 0.0104. The van der Waals surface area contributed by atoms with Crippen molar-refractivity contribution < 1.29 is 4.39 Å². The zero-order valence-electron chi connectivity index (χ0n) is 11.0. The van der Waals surface area contributed by atoms with Crippen LogP contribution in [0.2, 0.25) is 0 Å².